The molecule has 152 valence electrons. The third kappa shape index (κ3) is 5.00. The van der Waals surface area contributed by atoms with Gasteiger partial charge in [-0.3, -0.25) is 0 Å². The molecule has 0 amide bonds. The largest absolute Gasteiger partial charge is 0.496 e. The first-order valence-electron chi connectivity index (χ1n) is 9.93. The molecule has 0 saturated carbocycles. The molecule has 28 heavy (non-hydrogen) atoms. The highest BCUT2D eigenvalue weighted by atomic mass is 35.5. The lowest BCUT2D eigenvalue weighted by molar-refractivity contribution is 0.410. The average molecular weight is 423 g/mol. The van der Waals surface area contributed by atoms with Crippen LogP contribution in [0.25, 0.3) is 0 Å². The van der Waals surface area contributed by atoms with Crippen molar-refractivity contribution in [2.45, 2.75) is 45.6 Å². The number of nitrogens with one attached hydrogen (secondary N) is 1. The van der Waals surface area contributed by atoms with Crippen LogP contribution in [-0.4, -0.2) is 36.0 Å². The number of benzene rings is 1. The molecule has 1 N–H and O–H groups in total. The summed E-state index contributed by atoms with van der Waals surface area (Å²) in [6.07, 6.45) is 5.18. The summed E-state index contributed by atoms with van der Waals surface area (Å²) in [6, 6.07) is 6.31. The van der Waals surface area contributed by atoms with Crippen molar-refractivity contribution in [2.24, 2.45) is 0 Å². The van der Waals surface area contributed by atoms with Gasteiger partial charge >= 0.3 is 0 Å². The second-order valence-electron chi connectivity index (χ2n) is 6.98. The highest BCUT2D eigenvalue weighted by Crippen LogP contribution is 2.28. The fourth-order valence-electron chi connectivity index (χ4n) is 3.48. The summed E-state index contributed by atoms with van der Waals surface area (Å²) in [5.41, 5.74) is 3.19. The number of halogens is 2. The van der Waals surface area contributed by atoms with Crippen LogP contribution >= 0.6 is 23.2 Å². The van der Waals surface area contributed by atoms with Crippen LogP contribution in [-0.2, 0) is 19.4 Å². The number of hydrogen-bond donors (Lipinski definition) is 1. The number of ether oxygens (including phenoxy) is 1. The van der Waals surface area contributed by atoms with Gasteiger partial charge in [-0.1, -0.05) is 30.7 Å². The van der Waals surface area contributed by atoms with Gasteiger partial charge in [0.1, 0.15) is 16.7 Å². The molecule has 1 aromatic heterocycles. The maximum atomic E-state index is 6.51. The predicted octanol–water partition coefficient (Wildman–Crippen LogP) is 5.08. The van der Waals surface area contributed by atoms with E-state index in [-0.39, 0.29) is 0 Å². The topological polar surface area (TPSA) is 50.3 Å². The molecule has 3 rings (SSSR count). The van der Waals surface area contributed by atoms with Crippen LogP contribution < -0.4 is 15.0 Å². The third-order valence-corrected chi connectivity index (χ3v) is 5.64. The maximum absolute atomic E-state index is 6.51. The Kier molecular flexibility index (Phi) is 7.63. The Labute approximate surface area is 177 Å². The Morgan fingerprint density at radius 3 is 2.64 bits per heavy atom. The van der Waals surface area contributed by atoms with Crippen molar-refractivity contribution in [1.29, 1.82) is 0 Å². The molecular weight excluding hydrogens is 395 g/mol. The van der Waals surface area contributed by atoms with E-state index in [1.54, 1.807) is 7.11 Å². The second kappa shape index (κ2) is 10.2. The van der Waals surface area contributed by atoms with Crippen molar-refractivity contribution in [1.82, 2.24) is 9.97 Å². The number of aromatic nitrogens is 2. The Hall–Kier alpha value is -1.72. The van der Waals surface area contributed by atoms with Crippen LogP contribution in [0, 0.1) is 0 Å². The Morgan fingerprint density at radius 1 is 1.18 bits per heavy atom. The zero-order valence-corrected chi connectivity index (χ0v) is 18.1. The van der Waals surface area contributed by atoms with Crippen LogP contribution in [0.4, 0.5) is 11.8 Å². The molecule has 1 aliphatic heterocycles. The zero-order valence-electron chi connectivity index (χ0n) is 16.6. The van der Waals surface area contributed by atoms with Gasteiger partial charge in [-0.25, -0.2) is 4.98 Å². The van der Waals surface area contributed by atoms with Gasteiger partial charge in [0.05, 0.1) is 7.11 Å². The SMILES string of the molecule is CCc1ccc(CNc2nc(N3CCCCC3)nc(Cl)c2CCCl)c(OC)c1. The minimum Gasteiger partial charge on any atom is -0.496 e. The van der Waals surface area contributed by atoms with Gasteiger partial charge in [-0.15, -0.1) is 11.6 Å². The smallest absolute Gasteiger partial charge is 0.228 e. The lowest BCUT2D eigenvalue weighted by Gasteiger charge is -2.27. The van der Waals surface area contributed by atoms with E-state index in [9.17, 15) is 0 Å². The van der Waals surface area contributed by atoms with Gasteiger partial charge in [0.25, 0.3) is 0 Å². The highest BCUT2D eigenvalue weighted by Gasteiger charge is 2.19. The number of hydrogen-bond acceptors (Lipinski definition) is 5. The van der Waals surface area contributed by atoms with E-state index in [0.29, 0.717) is 29.9 Å². The number of alkyl halides is 1. The van der Waals surface area contributed by atoms with Gasteiger partial charge in [-0.05, 0) is 43.7 Å². The van der Waals surface area contributed by atoms with Crippen LogP contribution in [0.1, 0.15) is 42.9 Å². The Bertz CT molecular complexity index is 794. The Morgan fingerprint density at radius 2 is 1.96 bits per heavy atom. The number of methoxy groups -OCH3 is 1. The molecule has 7 heteroatoms. The summed E-state index contributed by atoms with van der Waals surface area (Å²) >= 11 is 12.5. The van der Waals surface area contributed by atoms with Crippen molar-refractivity contribution >= 4 is 35.0 Å². The number of nitrogens with zero attached hydrogens (tertiary/aromatic N) is 3. The van der Waals surface area contributed by atoms with Crippen molar-refractivity contribution in [2.75, 3.05) is 36.3 Å². The molecule has 0 aliphatic carbocycles. The molecule has 5 nitrogen and oxygen atoms in total. The summed E-state index contributed by atoms with van der Waals surface area (Å²) in [7, 11) is 1.70. The number of anilines is 2. The first kappa shape index (κ1) is 21.0. The maximum Gasteiger partial charge on any atom is 0.228 e. The predicted molar refractivity (Wildman–Crippen MR) is 117 cm³/mol. The first-order valence-corrected chi connectivity index (χ1v) is 10.8. The fourth-order valence-corrected chi connectivity index (χ4v) is 3.93. The summed E-state index contributed by atoms with van der Waals surface area (Å²) in [5.74, 6) is 2.79. The minimum absolute atomic E-state index is 0.468. The molecule has 1 aliphatic rings. The van der Waals surface area contributed by atoms with Gasteiger partial charge in [0.15, 0.2) is 0 Å². The zero-order chi connectivity index (χ0) is 19.9. The summed E-state index contributed by atoms with van der Waals surface area (Å²) in [5, 5.41) is 3.92. The van der Waals surface area contributed by atoms with Crippen molar-refractivity contribution in [3.8, 4) is 5.75 Å². The quantitative estimate of drug-likeness (QED) is 0.474. The Balaban J connectivity index is 1.85. The van der Waals surface area contributed by atoms with Gasteiger partial charge in [0.2, 0.25) is 5.95 Å². The number of aryl methyl sites for hydroxylation is 1. The van der Waals surface area contributed by atoms with E-state index in [1.807, 2.05) is 0 Å². The van der Waals surface area contributed by atoms with E-state index in [1.165, 1.54) is 12.0 Å². The van der Waals surface area contributed by atoms with Crippen LogP contribution in [0.15, 0.2) is 18.2 Å². The summed E-state index contributed by atoms with van der Waals surface area (Å²) in [4.78, 5) is 11.6. The molecule has 0 unspecified atom stereocenters. The van der Waals surface area contributed by atoms with Crippen LogP contribution in [0.5, 0.6) is 5.75 Å². The van der Waals surface area contributed by atoms with E-state index in [4.69, 9.17) is 32.9 Å². The van der Waals surface area contributed by atoms with E-state index >= 15 is 0 Å². The monoisotopic (exact) mass is 422 g/mol. The molecule has 1 fully saturated rings. The van der Waals surface area contributed by atoms with Gasteiger partial charge in [0, 0.05) is 36.6 Å². The molecule has 0 radical (unpaired) electrons. The standard InChI is InChI=1S/C21H28Cl2N4O/c1-3-15-7-8-16(18(13-15)28-2)14-24-20-17(9-10-22)19(23)25-21(26-20)27-11-5-4-6-12-27/h7-8,13H,3-6,9-12,14H2,1-2H3,(H,24,25,26). The van der Waals surface area contributed by atoms with E-state index < -0.39 is 0 Å². The molecular formula is C21H28Cl2N4O. The molecule has 1 saturated heterocycles. The first-order chi connectivity index (χ1) is 13.7. The van der Waals surface area contributed by atoms with Crippen molar-refractivity contribution in [3.63, 3.8) is 0 Å². The fraction of sp³-hybridized carbons (Fsp3) is 0.524. The second-order valence-corrected chi connectivity index (χ2v) is 7.72. The average Bonchev–Trinajstić information content (AvgIpc) is 2.74. The molecule has 1 aromatic carbocycles. The van der Waals surface area contributed by atoms with Gasteiger partial charge in [-0.2, -0.15) is 4.98 Å². The molecule has 0 atom stereocenters. The lowest BCUT2D eigenvalue weighted by atomic mass is 10.1. The molecule has 2 aromatic rings. The van der Waals surface area contributed by atoms with E-state index in [2.05, 4.69) is 40.3 Å². The number of rotatable bonds is 8. The summed E-state index contributed by atoms with van der Waals surface area (Å²) in [6.45, 7) is 4.67. The highest BCUT2D eigenvalue weighted by molar-refractivity contribution is 6.30. The molecule has 0 spiro atoms. The van der Waals surface area contributed by atoms with Crippen LogP contribution in [0.2, 0.25) is 5.15 Å². The van der Waals surface area contributed by atoms with Gasteiger partial charge < -0.3 is 15.0 Å². The minimum atomic E-state index is 0.468. The van der Waals surface area contributed by atoms with Crippen LogP contribution in [0.3, 0.4) is 0 Å². The molecule has 0 bridgehead atoms. The van der Waals surface area contributed by atoms with Crippen molar-refractivity contribution < 1.29 is 4.74 Å². The number of piperidine rings is 1. The lowest BCUT2D eigenvalue weighted by Crippen LogP contribution is -2.31. The van der Waals surface area contributed by atoms with E-state index in [0.717, 1.165) is 55.0 Å². The normalized spacial score (nSPS) is 14.2. The summed E-state index contributed by atoms with van der Waals surface area (Å²) < 4.78 is 5.57. The molecule has 2 heterocycles. The third-order valence-electron chi connectivity index (χ3n) is 5.13. The van der Waals surface area contributed by atoms with Crippen molar-refractivity contribution in [3.05, 3.63) is 40.0 Å².